The van der Waals surface area contributed by atoms with E-state index >= 15 is 0 Å². The van der Waals surface area contributed by atoms with Gasteiger partial charge in [0.15, 0.2) is 0 Å². The number of nitrogens with two attached hydrogens (primary N) is 1. The zero-order valence-corrected chi connectivity index (χ0v) is 10.3. The fourth-order valence-corrected chi connectivity index (χ4v) is 2.64. The van der Waals surface area contributed by atoms with Crippen LogP contribution in [0.15, 0.2) is 24.3 Å². The molecule has 0 amide bonds. The Bertz CT molecular complexity index is 361. The normalized spacial score (nSPS) is 18.9. The van der Waals surface area contributed by atoms with Gasteiger partial charge in [-0.3, -0.25) is 0 Å². The van der Waals surface area contributed by atoms with Crippen molar-refractivity contribution in [2.45, 2.75) is 44.8 Å². The van der Waals surface area contributed by atoms with E-state index in [9.17, 15) is 8.78 Å². The van der Waals surface area contributed by atoms with Crippen LogP contribution in [0.5, 0.6) is 5.75 Å². The molecule has 1 aromatic carbocycles. The summed E-state index contributed by atoms with van der Waals surface area (Å²) in [7, 11) is 0. The third-order valence-corrected chi connectivity index (χ3v) is 3.65. The summed E-state index contributed by atoms with van der Waals surface area (Å²) in [6, 6.07) is 6.70. The predicted molar refractivity (Wildman–Crippen MR) is 66.6 cm³/mol. The third-order valence-electron chi connectivity index (χ3n) is 3.65. The molecule has 1 fully saturated rings. The minimum atomic E-state index is -2.78. The quantitative estimate of drug-likeness (QED) is 0.886. The van der Waals surface area contributed by atoms with E-state index in [1.807, 2.05) is 0 Å². The molecule has 2 nitrogen and oxygen atoms in total. The Hall–Kier alpha value is -1.16. The van der Waals surface area contributed by atoms with E-state index in [1.54, 1.807) is 24.3 Å². The van der Waals surface area contributed by atoms with Crippen molar-refractivity contribution in [1.29, 1.82) is 0 Å². The number of rotatable bonds is 4. The molecule has 0 spiro atoms. The van der Waals surface area contributed by atoms with Gasteiger partial charge >= 0.3 is 6.61 Å². The summed E-state index contributed by atoms with van der Waals surface area (Å²) in [5.74, 6) is 0.699. The van der Waals surface area contributed by atoms with Crippen LogP contribution in [0.25, 0.3) is 0 Å². The SMILES string of the molecule is N[C@@H](c1ccc(OC(F)F)cc1)C1CCCCC1. The molecular weight excluding hydrogens is 236 g/mol. The van der Waals surface area contributed by atoms with Gasteiger partial charge in [0.05, 0.1) is 0 Å². The molecule has 1 aliphatic rings. The molecule has 4 heteroatoms. The smallest absolute Gasteiger partial charge is 0.387 e. The summed E-state index contributed by atoms with van der Waals surface area (Å²) in [6.45, 7) is -2.78. The van der Waals surface area contributed by atoms with Crippen molar-refractivity contribution in [1.82, 2.24) is 0 Å². The summed E-state index contributed by atoms with van der Waals surface area (Å²) < 4.78 is 28.4. The van der Waals surface area contributed by atoms with Crippen LogP contribution in [0.4, 0.5) is 8.78 Å². The van der Waals surface area contributed by atoms with E-state index in [4.69, 9.17) is 5.73 Å². The molecule has 2 N–H and O–H groups in total. The molecule has 1 aliphatic carbocycles. The van der Waals surface area contributed by atoms with Crippen LogP contribution >= 0.6 is 0 Å². The van der Waals surface area contributed by atoms with Crippen molar-refractivity contribution in [3.8, 4) is 5.75 Å². The fraction of sp³-hybridized carbons (Fsp3) is 0.571. The van der Waals surface area contributed by atoms with E-state index < -0.39 is 6.61 Å². The summed E-state index contributed by atoms with van der Waals surface area (Å²) in [5.41, 5.74) is 7.24. The maximum absolute atomic E-state index is 12.0. The van der Waals surface area contributed by atoms with E-state index in [0.29, 0.717) is 5.92 Å². The monoisotopic (exact) mass is 255 g/mol. The summed E-state index contributed by atoms with van der Waals surface area (Å²) in [6.07, 6.45) is 6.10. The topological polar surface area (TPSA) is 35.2 Å². The summed E-state index contributed by atoms with van der Waals surface area (Å²) in [5, 5.41) is 0. The molecule has 0 radical (unpaired) electrons. The van der Waals surface area contributed by atoms with Gasteiger partial charge in [0, 0.05) is 6.04 Å². The molecule has 1 atom stereocenters. The Morgan fingerprint density at radius 2 is 1.67 bits per heavy atom. The standard InChI is InChI=1S/C14H19F2NO/c15-14(16)18-12-8-6-11(7-9-12)13(17)10-4-2-1-3-5-10/h6-10,13-14H,1-5,17H2/t13-/m1/s1. The van der Waals surface area contributed by atoms with Crippen LogP contribution in [0, 0.1) is 5.92 Å². The predicted octanol–water partition coefficient (Wildman–Crippen LogP) is 3.87. The first-order valence-electron chi connectivity index (χ1n) is 6.47. The van der Waals surface area contributed by atoms with Crippen LogP contribution in [0.2, 0.25) is 0 Å². The number of benzene rings is 1. The van der Waals surface area contributed by atoms with Gasteiger partial charge in [-0.05, 0) is 36.5 Å². The Kier molecular flexibility index (Phi) is 4.53. The van der Waals surface area contributed by atoms with Crippen molar-refractivity contribution < 1.29 is 13.5 Å². The molecule has 0 aromatic heterocycles. The highest BCUT2D eigenvalue weighted by molar-refractivity contribution is 5.29. The Morgan fingerprint density at radius 3 is 2.22 bits per heavy atom. The zero-order chi connectivity index (χ0) is 13.0. The molecule has 0 heterocycles. The molecule has 0 saturated heterocycles. The fourth-order valence-electron chi connectivity index (χ4n) is 2.64. The number of hydrogen-bond acceptors (Lipinski definition) is 2. The van der Waals surface area contributed by atoms with E-state index in [1.165, 1.54) is 19.3 Å². The van der Waals surface area contributed by atoms with Crippen molar-refractivity contribution in [3.05, 3.63) is 29.8 Å². The Labute approximate surface area is 106 Å². The molecule has 0 aliphatic heterocycles. The van der Waals surface area contributed by atoms with E-state index in [2.05, 4.69) is 4.74 Å². The van der Waals surface area contributed by atoms with Crippen molar-refractivity contribution >= 4 is 0 Å². The second-order valence-corrected chi connectivity index (χ2v) is 4.87. The molecule has 100 valence electrons. The van der Waals surface area contributed by atoms with Gasteiger partial charge in [0.25, 0.3) is 0 Å². The van der Waals surface area contributed by atoms with Crippen molar-refractivity contribution in [2.75, 3.05) is 0 Å². The molecular formula is C14H19F2NO. The van der Waals surface area contributed by atoms with Crippen LogP contribution in [0.3, 0.4) is 0 Å². The Morgan fingerprint density at radius 1 is 1.06 bits per heavy atom. The molecule has 2 rings (SSSR count). The van der Waals surface area contributed by atoms with Crippen molar-refractivity contribution in [2.24, 2.45) is 11.7 Å². The highest BCUT2D eigenvalue weighted by Gasteiger charge is 2.21. The number of alkyl halides is 2. The average molecular weight is 255 g/mol. The second kappa shape index (κ2) is 6.14. The van der Waals surface area contributed by atoms with Gasteiger partial charge in [-0.15, -0.1) is 0 Å². The Balaban J connectivity index is 1.99. The van der Waals surface area contributed by atoms with Crippen LogP contribution in [0.1, 0.15) is 43.7 Å². The number of halogens is 2. The molecule has 1 saturated carbocycles. The molecule has 0 unspecified atom stereocenters. The van der Waals surface area contributed by atoms with Gasteiger partial charge in [-0.25, -0.2) is 0 Å². The lowest BCUT2D eigenvalue weighted by Gasteiger charge is -2.27. The minimum Gasteiger partial charge on any atom is -0.435 e. The number of ether oxygens (including phenoxy) is 1. The first-order chi connectivity index (χ1) is 8.66. The van der Waals surface area contributed by atoms with Crippen LogP contribution in [-0.4, -0.2) is 6.61 Å². The van der Waals surface area contributed by atoms with Gasteiger partial charge < -0.3 is 10.5 Å². The average Bonchev–Trinajstić information content (AvgIpc) is 2.39. The number of hydrogen-bond donors (Lipinski definition) is 1. The first kappa shape index (κ1) is 13.3. The molecule has 0 bridgehead atoms. The summed E-state index contributed by atoms with van der Waals surface area (Å²) >= 11 is 0. The zero-order valence-electron chi connectivity index (χ0n) is 10.3. The van der Waals surface area contributed by atoms with Crippen molar-refractivity contribution in [3.63, 3.8) is 0 Å². The lowest BCUT2D eigenvalue weighted by Crippen LogP contribution is -2.23. The maximum Gasteiger partial charge on any atom is 0.387 e. The minimum absolute atomic E-state index is 0.00546. The lowest BCUT2D eigenvalue weighted by atomic mass is 9.81. The summed E-state index contributed by atoms with van der Waals surface area (Å²) in [4.78, 5) is 0. The van der Waals surface area contributed by atoms with Crippen LogP contribution < -0.4 is 10.5 Å². The van der Waals surface area contributed by atoms with Crippen LogP contribution in [-0.2, 0) is 0 Å². The van der Waals surface area contributed by atoms with Gasteiger partial charge in [0.1, 0.15) is 5.75 Å². The van der Waals surface area contributed by atoms with Gasteiger partial charge in [-0.1, -0.05) is 31.4 Å². The van der Waals surface area contributed by atoms with E-state index in [0.717, 1.165) is 18.4 Å². The third kappa shape index (κ3) is 3.42. The van der Waals surface area contributed by atoms with Gasteiger partial charge in [0.2, 0.25) is 0 Å². The second-order valence-electron chi connectivity index (χ2n) is 4.87. The highest BCUT2D eigenvalue weighted by atomic mass is 19.3. The lowest BCUT2D eigenvalue weighted by molar-refractivity contribution is -0.0498. The molecule has 1 aromatic rings. The first-order valence-corrected chi connectivity index (χ1v) is 6.47. The molecule has 18 heavy (non-hydrogen) atoms. The van der Waals surface area contributed by atoms with E-state index in [-0.39, 0.29) is 11.8 Å². The maximum atomic E-state index is 12.0. The highest BCUT2D eigenvalue weighted by Crippen LogP contribution is 2.33. The van der Waals surface area contributed by atoms with Gasteiger partial charge in [-0.2, -0.15) is 8.78 Å². The largest absolute Gasteiger partial charge is 0.435 e.